The molecule has 0 aromatic heterocycles. The molecule has 3 N–H and O–H groups in total. The highest BCUT2D eigenvalue weighted by molar-refractivity contribution is 6.31. The molecule has 130 valence electrons. The Morgan fingerprint density at radius 1 is 1.08 bits per heavy atom. The second-order valence-corrected chi connectivity index (χ2v) is 5.79. The molecule has 2 amide bonds. The number of anilines is 1. The normalized spacial score (nSPS) is 11.4. The molecule has 0 radical (unpaired) electrons. The van der Waals surface area contributed by atoms with Gasteiger partial charge in [-0.25, -0.2) is 4.79 Å². The highest BCUT2D eigenvalue weighted by atomic mass is 35.5. The van der Waals surface area contributed by atoms with Gasteiger partial charge in [-0.15, -0.1) is 0 Å². The Hall–Kier alpha value is -2.86. The van der Waals surface area contributed by atoms with Crippen LogP contribution in [0, 0.1) is 0 Å². The number of halogens is 1. The van der Waals surface area contributed by atoms with Gasteiger partial charge in [0, 0.05) is 18.4 Å². The summed E-state index contributed by atoms with van der Waals surface area (Å²) in [4.78, 5) is 35.2. The van der Waals surface area contributed by atoms with Crippen LogP contribution in [0.5, 0.6) is 0 Å². The van der Waals surface area contributed by atoms with E-state index in [9.17, 15) is 19.5 Å². The van der Waals surface area contributed by atoms with Crippen molar-refractivity contribution in [3.05, 3.63) is 64.7 Å². The predicted octanol–water partition coefficient (Wildman–Crippen LogP) is 2.72. The van der Waals surface area contributed by atoms with Crippen molar-refractivity contribution in [2.45, 2.75) is 19.4 Å². The Balaban J connectivity index is 2.20. The number of rotatable bonds is 6. The van der Waals surface area contributed by atoms with Crippen LogP contribution in [0.4, 0.5) is 5.69 Å². The Bertz CT molecular complexity index is 807. The number of aliphatic carboxylic acids is 1. The van der Waals surface area contributed by atoms with Crippen LogP contribution in [0.3, 0.4) is 0 Å². The lowest BCUT2D eigenvalue weighted by Crippen LogP contribution is -2.42. The molecular weight excluding hydrogens is 344 g/mol. The van der Waals surface area contributed by atoms with Gasteiger partial charge in [-0.3, -0.25) is 9.59 Å². The van der Waals surface area contributed by atoms with E-state index in [0.717, 1.165) is 0 Å². The molecular formula is C18H17ClN2O4. The van der Waals surface area contributed by atoms with Crippen molar-refractivity contribution in [2.75, 3.05) is 5.32 Å². The predicted molar refractivity (Wildman–Crippen MR) is 94.8 cm³/mol. The molecule has 7 heteroatoms. The zero-order valence-electron chi connectivity index (χ0n) is 13.5. The third kappa shape index (κ3) is 5.06. The second-order valence-electron chi connectivity index (χ2n) is 5.39. The lowest BCUT2D eigenvalue weighted by Gasteiger charge is -2.17. The lowest BCUT2D eigenvalue weighted by atomic mass is 10.0. The molecule has 0 saturated carbocycles. The number of carboxylic acids is 1. The number of carboxylic acid groups (broad SMARTS) is 1. The van der Waals surface area contributed by atoms with E-state index >= 15 is 0 Å². The van der Waals surface area contributed by atoms with E-state index in [4.69, 9.17) is 11.6 Å². The van der Waals surface area contributed by atoms with Gasteiger partial charge in [0.25, 0.3) is 5.91 Å². The lowest BCUT2D eigenvalue weighted by molar-refractivity contribution is -0.139. The van der Waals surface area contributed by atoms with Gasteiger partial charge in [-0.05, 0) is 23.8 Å². The fourth-order valence-corrected chi connectivity index (χ4v) is 2.51. The average Bonchev–Trinajstić information content (AvgIpc) is 2.55. The number of nitrogens with one attached hydrogen (secondary N) is 2. The van der Waals surface area contributed by atoms with E-state index in [1.165, 1.54) is 13.0 Å². The summed E-state index contributed by atoms with van der Waals surface area (Å²) in [6.07, 6.45) is 0.0447. The molecule has 0 heterocycles. The third-order valence-corrected chi connectivity index (χ3v) is 3.84. The first-order valence-corrected chi connectivity index (χ1v) is 7.90. The molecule has 1 atom stereocenters. The van der Waals surface area contributed by atoms with Crippen LogP contribution in [0.1, 0.15) is 22.8 Å². The van der Waals surface area contributed by atoms with Crippen molar-refractivity contribution < 1.29 is 19.5 Å². The number of amides is 2. The molecule has 0 saturated heterocycles. The summed E-state index contributed by atoms with van der Waals surface area (Å²) >= 11 is 6.06. The molecule has 2 aromatic rings. The van der Waals surface area contributed by atoms with Gasteiger partial charge < -0.3 is 15.7 Å². The Labute approximate surface area is 149 Å². The number of carbonyl (C=O) groups is 3. The smallest absolute Gasteiger partial charge is 0.326 e. The van der Waals surface area contributed by atoms with Crippen molar-refractivity contribution in [1.29, 1.82) is 0 Å². The van der Waals surface area contributed by atoms with Gasteiger partial charge in [0.15, 0.2) is 0 Å². The van der Waals surface area contributed by atoms with E-state index < -0.39 is 17.9 Å². The van der Waals surface area contributed by atoms with Gasteiger partial charge >= 0.3 is 5.97 Å². The first kappa shape index (κ1) is 18.5. The summed E-state index contributed by atoms with van der Waals surface area (Å²) in [5.41, 5.74) is 1.12. The first-order valence-electron chi connectivity index (χ1n) is 7.52. The number of benzene rings is 2. The number of carbonyl (C=O) groups excluding carboxylic acids is 2. The minimum atomic E-state index is -1.18. The molecule has 0 aliphatic rings. The maximum absolute atomic E-state index is 12.5. The highest BCUT2D eigenvalue weighted by Gasteiger charge is 2.23. The van der Waals surface area contributed by atoms with Gasteiger partial charge in [0.1, 0.15) is 6.04 Å². The first-order chi connectivity index (χ1) is 11.9. The Kier molecular flexibility index (Phi) is 6.14. The summed E-state index contributed by atoms with van der Waals surface area (Å²) in [5.74, 6) is -2.10. The fraction of sp³-hybridized carbons (Fsp3) is 0.167. The standard InChI is InChI=1S/C18H17ClN2O4/c1-11(22)20-15-9-5-3-7-13(15)17(23)21-16(18(24)25)10-12-6-2-4-8-14(12)19/h2-9,16H,10H2,1H3,(H,20,22)(H,21,23)(H,24,25)/t16-/m0/s1. The summed E-state index contributed by atoms with van der Waals surface area (Å²) in [5, 5.41) is 14.9. The van der Waals surface area contributed by atoms with E-state index in [-0.39, 0.29) is 17.9 Å². The van der Waals surface area contributed by atoms with Gasteiger partial charge in [-0.2, -0.15) is 0 Å². The quantitative estimate of drug-likeness (QED) is 0.738. The van der Waals surface area contributed by atoms with E-state index in [2.05, 4.69) is 10.6 Å². The molecule has 6 nitrogen and oxygen atoms in total. The summed E-state index contributed by atoms with van der Waals surface area (Å²) in [6.45, 7) is 1.33. The molecule has 0 spiro atoms. The zero-order valence-corrected chi connectivity index (χ0v) is 14.2. The third-order valence-electron chi connectivity index (χ3n) is 3.47. The van der Waals surface area contributed by atoms with Gasteiger partial charge in [-0.1, -0.05) is 41.9 Å². The second kappa shape index (κ2) is 8.30. The minimum Gasteiger partial charge on any atom is -0.480 e. The number of para-hydroxylation sites is 1. The molecule has 25 heavy (non-hydrogen) atoms. The molecule has 2 aromatic carbocycles. The average molecular weight is 361 g/mol. The Morgan fingerprint density at radius 3 is 2.36 bits per heavy atom. The van der Waals surface area contributed by atoms with Crippen molar-refractivity contribution in [2.24, 2.45) is 0 Å². The molecule has 0 fully saturated rings. The molecule has 0 aliphatic carbocycles. The maximum Gasteiger partial charge on any atom is 0.326 e. The minimum absolute atomic E-state index is 0.0447. The Morgan fingerprint density at radius 2 is 1.72 bits per heavy atom. The van der Waals surface area contributed by atoms with Crippen molar-refractivity contribution >= 4 is 35.1 Å². The van der Waals surface area contributed by atoms with Crippen molar-refractivity contribution in [1.82, 2.24) is 5.32 Å². The van der Waals surface area contributed by atoms with E-state index in [0.29, 0.717) is 16.3 Å². The maximum atomic E-state index is 12.5. The topological polar surface area (TPSA) is 95.5 Å². The van der Waals surface area contributed by atoms with Gasteiger partial charge in [0.05, 0.1) is 11.3 Å². The molecule has 2 rings (SSSR count). The number of hydrogen-bond donors (Lipinski definition) is 3. The van der Waals surface area contributed by atoms with Crippen LogP contribution in [-0.2, 0) is 16.0 Å². The summed E-state index contributed by atoms with van der Waals surface area (Å²) < 4.78 is 0. The van der Waals surface area contributed by atoms with Crippen LogP contribution in [0.25, 0.3) is 0 Å². The van der Waals surface area contributed by atoms with E-state index in [1.807, 2.05) is 0 Å². The van der Waals surface area contributed by atoms with Crippen molar-refractivity contribution in [3.8, 4) is 0 Å². The fourth-order valence-electron chi connectivity index (χ4n) is 2.30. The van der Waals surface area contributed by atoms with Crippen LogP contribution in [-0.4, -0.2) is 28.9 Å². The van der Waals surface area contributed by atoms with Crippen molar-refractivity contribution in [3.63, 3.8) is 0 Å². The van der Waals surface area contributed by atoms with Crippen LogP contribution in [0.2, 0.25) is 5.02 Å². The largest absolute Gasteiger partial charge is 0.480 e. The zero-order chi connectivity index (χ0) is 18.4. The highest BCUT2D eigenvalue weighted by Crippen LogP contribution is 2.18. The monoisotopic (exact) mass is 360 g/mol. The molecule has 0 unspecified atom stereocenters. The SMILES string of the molecule is CC(=O)Nc1ccccc1C(=O)N[C@@H](Cc1ccccc1Cl)C(=O)O. The van der Waals surface area contributed by atoms with Gasteiger partial charge in [0.2, 0.25) is 5.91 Å². The van der Waals surface area contributed by atoms with Crippen LogP contribution < -0.4 is 10.6 Å². The molecule has 0 bridgehead atoms. The number of hydrogen-bond acceptors (Lipinski definition) is 3. The summed E-state index contributed by atoms with van der Waals surface area (Å²) in [7, 11) is 0. The van der Waals surface area contributed by atoms with Crippen LogP contribution >= 0.6 is 11.6 Å². The van der Waals surface area contributed by atoms with Crippen LogP contribution in [0.15, 0.2) is 48.5 Å². The molecule has 0 aliphatic heterocycles. The van der Waals surface area contributed by atoms with E-state index in [1.54, 1.807) is 42.5 Å². The summed E-state index contributed by atoms with van der Waals surface area (Å²) in [6, 6.07) is 12.1.